The number of anilines is 1. The number of rotatable bonds is 3. The van der Waals surface area contributed by atoms with Crippen molar-refractivity contribution in [3.05, 3.63) is 64.1 Å². The molecule has 0 saturated heterocycles. The van der Waals surface area contributed by atoms with E-state index in [1.165, 1.54) is 6.21 Å². The molecular formula is C18H19N5O2. The predicted octanol–water partition coefficient (Wildman–Crippen LogP) is 2.34. The van der Waals surface area contributed by atoms with Crippen LogP contribution >= 0.6 is 0 Å². The van der Waals surface area contributed by atoms with Crippen LogP contribution in [-0.4, -0.2) is 21.4 Å². The third-order valence-corrected chi connectivity index (χ3v) is 4.07. The maximum Gasteiger partial charge on any atom is 0.339 e. The van der Waals surface area contributed by atoms with Crippen molar-refractivity contribution < 1.29 is 4.79 Å². The highest BCUT2D eigenvalue weighted by atomic mass is 16.2. The highest BCUT2D eigenvalue weighted by Gasteiger charge is 2.07. The van der Waals surface area contributed by atoms with Gasteiger partial charge in [-0.25, -0.2) is 15.0 Å². The minimum atomic E-state index is -0.418. The molecule has 1 aromatic heterocycles. The summed E-state index contributed by atoms with van der Waals surface area (Å²) >= 11 is 0. The van der Waals surface area contributed by atoms with E-state index in [0.717, 1.165) is 27.8 Å². The van der Waals surface area contributed by atoms with Crippen LogP contribution in [0.25, 0.3) is 11.0 Å². The summed E-state index contributed by atoms with van der Waals surface area (Å²) in [6, 6.07) is 12.6. The van der Waals surface area contributed by atoms with Crippen LogP contribution in [0.4, 0.5) is 10.5 Å². The van der Waals surface area contributed by atoms with E-state index in [2.05, 4.69) is 15.8 Å². The summed E-state index contributed by atoms with van der Waals surface area (Å²) in [6.07, 6.45) is 1.54. The number of amides is 2. The molecule has 0 saturated carbocycles. The first-order valence-electron chi connectivity index (χ1n) is 7.78. The van der Waals surface area contributed by atoms with Crippen molar-refractivity contribution in [2.45, 2.75) is 6.92 Å². The lowest BCUT2D eigenvalue weighted by molar-refractivity contribution is 0.252. The molecule has 0 fully saturated rings. The Hall–Kier alpha value is -3.35. The van der Waals surface area contributed by atoms with Crippen LogP contribution in [0.2, 0.25) is 0 Å². The molecule has 2 aromatic carbocycles. The number of nitrogens with zero attached hydrogens (tertiary/aromatic N) is 3. The minimum Gasteiger partial charge on any atom is -0.306 e. The van der Waals surface area contributed by atoms with E-state index in [1.807, 2.05) is 49.4 Å². The maximum absolute atomic E-state index is 11.9. The summed E-state index contributed by atoms with van der Waals surface area (Å²) in [5.74, 6) is 0. The Bertz CT molecular complexity index is 1030. The number of aryl methyl sites for hydroxylation is 3. The Morgan fingerprint density at radius 3 is 2.56 bits per heavy atom. The highest BCUT2D eigenvalue weighted by molar-refractivity contribution is 5.92. The van der Waals surface area contributed by atoms with Gasteiger partial charge in [0.05, 0.1) is 17.2 Å². The van der Waals surface area contributed by atoms with E-state index in [-0.39, 0.29) is 5.69 Å². The second-order valence-electron chi connectivity index (χ2n) is 5.79. The van der Waals surface area contributed by atoms with Crippen molar-refractivity contribution in [2.75, 3.05) is 5.32 Å². The zero-order valence-electron chi connectivity index (χ0n) is 14.3. The fourth-order valence-electron chi connectivity index (χ4n) is 2.63. The predicted molar refractivity (Wildman–Crippen MR) is 99.1 cm³/mol. The van der Waals surface area contributed by atoms with Crippen molar-refractivity contribution in [3.8, 4) is 0 Å². The summed E-state index contributed by atoms with van der Waals surface area (Å²) in [5, 5.41) is 6.69. The van der Waals surface area contributed by atoms with Crippen molar-refractivity contribution in [1.82, 2.24) is 14.6 Å². The van der Waals surface area contributed by atoms with Gasteiger partial charge in [0, 0.05) is 19.8 Å². The van der Waals surface area contributed by atoms with Gasteiger partial charge < -0.3 is 5.32 Å². The minimum absolute atomic E-state index is 0.0835. The second-order valence-corrected chi connectivity index (χ2v) is 5.79. The molecule has 7 heteroatoms. The molecule has 0 aliphatic rings. The molecule has 128 valence electrons. The zero-order valence-corrected chi connectivity index (χ0v) is 14.3. The molecule has 1 heterocycles. The molecule has 0 bridgehead atoms. The molecule has 3 rings (SSSR count). The number of carbonyl (C=O) groups excluding carboxylic acids is 1. The van der Waals surface area contributed by atoms with Gasteiger partial charge in [-0.2, -0.15) is 5.10 Å². The summed E-state index contributed by atoms with van der Waals surface area (Å²) in [4.78, 5) is 23.8. The van der Waals surface area contributed by atoms with Gasteiger partial charge in [-0.3, -0.25) is 9.13 Å². The van der Waals surface area contributed by atoms with Crippen LogP contribution in [0.3, 0.4) is 0 Å². The van der Waals surface area contributed by atoms with Crippen LogP contribution in [0.5, 0.6) is 0 Å². The van der Waals surface area contributed by atoms with Crippen molar-refractivity contribution >= 4 is 29.0 Å². The number of para-hydroxylation sites is 1. The van der Waals surface area contributed by atoms with Crippen molar-refractivity contribution in [1.29, 1.82) is 0 Å². The Balaban J connectivity index is 1.71. The Morgan fingerprint density at radius 1 is 1.08 bits per heavy atom. The van der Waals surface area contributed by atoms with Crippen molar-refractivity contribution in [3.63, 3.8) is 0 Å². The smallest absolute Gasteiger partial charge is 0.306 e. The lowest BCUT2D eigenvalue weighted by Crippen LogP contribution is -2.24. The average molecular weight is 337 g/mol. The van der Waals surface area contributed by atoms with Crippen LogP contribution in [-0.2, 0) is 14.1 Å². The molecular weight excluding hydrogens is 318 g/mol. The molecule has 0 radical (unpaired) electrons. The van der Waals surface area contributed by atoms with E-state index in [9.17, 15) is 9.59 Å². The third kappa shape index (κ3) is 3.30. The number of hydrogen-bond acceptors (Lipinski definition) is 3. The molecule has 2 N–H and O–H groups in total. The first kappa shape index (κ1) is 16.5. The lowest BCUT2D eigenvalue weighted by atomic mass is 10.2. The largest absolute Gasteiger partial charge is 0.339 e. The fourth-order valence-corrected chi connectivity index (χ4v) is 2.63. The van der Waals surface area contributed by atoms with Gasteiger partial charge >= 0.3 is 11.7 Å². The molecule has 0 aliphatic heterocycles. The molecule has 0 unspecified atom stereocenters. The summed E-state index contributed by atoms with van der Waals surface area (Å²) in [6.45, 7) is 1.91. The lowest BCUT2D eigenvalue weighted by Gasteiger charge is -2.06. The standard InChI is InChI=1S/C18H19N5O2/c1-12-6-4-5-7-14(12)20-17(24)21-19-11-13-8-9-15-16(10-13)23(3)18(25)22(15)2/h4-11H,1-3H3,(H2,20,21,24). The van der Waals surface area contributed by atoms with Gasteiger partial charge in [0.1, 0.15) is 0 Å². The summed E-state index contributed by atoms with van der Waals surface area (Å²) in [5.41, 5.74) is 6.48. The fraction of sp³-hybridized carbons (Fsp3) is 0.167. The van der Waals surface area contributed by atoms with Crippen LogP contribution in [0, 0.1) is 6.92 Å². The number of aromatic nitrogens is 2. The number of hydrazone groups is 1. The van der Waals surface area contributed by atoms with Gasteiger partial charge in [0.15, 0.2) is 0 Å². The first-order chi connectivity index (χ1) is 12.0. The second kappa shape index (κ2) is 6.64. The van der Waals surface area contributed by atoms with Gasteiger partial charge in [-0.05, 0) is 36.2 Å². The van der Waals surface area contributed by atoms with E-state index >= 15 is 0 Å². The molecule has 25 heavy (non-hydrogen) atoms. The SMILES string of the molecule is Cc1ccccc1NC(=O)NN=Cc1ccc2c(c1)n(C)c(=O)n2C. The highest BCUT2D eigenvalue weighted by Crippen LogP contribution is 2.13. The molecule has 0 aliphatic carbocycles. The molecule has 2 amide bonds. The van der Waals surface area contributed by atoms with Crippen LogP contribution < -0.4 is 16.4 Å². The quantitative estimate of drug-likeness (QED) is 0.568. The number of imidazole rings is 1. The van der Waals surface area contributed by atoms with E-state index < -0.39 is 6.03 Å². The molecule has 0 atom stereocenters. The van der Waals surface area contributed by atoms with Gasteiger partial charge in [-0.15, -0.1) is 0 Å². The first-order valence-corrected chi connectivity index (χ1v) is 7.78. The molecule has 0 spiro atoms. The van der Waals surface area contributed by atoms with Gasteiger partial charge in [0.2, 0.25) is 0 Å². The number of fused-ring (bicyclic) bond motifs is 1. The average Bonchev–Trinajstić information content (AvgIpc) is 2.81. The monoisotopic (exact) mass is 337 g/mol. The Labute approximate surface area is 144 Å². The number of hydrogen-bond donors (Lipinski definition) is 2. The Morgan fingerprint density at radius 2 is 1.80 bits per heavy atom. The van der Waals surface area contributed by atoms with E-state index in [4.69, 9.17) is 0 Å². The van der Waals surface area contributed by atoms with Gasteiger partial charge in [0.25, 0.3) is 0 Å². The number of urea groups is 1. The number of nitrogens with one attached hydrogen (secondary N) is 2. The third-order valence-electron chi connectivity index (χ3n) is 4.07. The van der Waals surface area contributed by atoms with E-state index in [1.54, 1.807) is 23.2 Å². The maximum atomic E-state index is 11.9. The van der Waals surface area contributed by atoms with Crippen LogP contribution in [0.15, 0.2) is 52.4 Å². The summed E-state index contributed by atoms with van der Waals surface area (Å²) < 4.78 is 3.16. The number of benzene rings is 2. The molecule has 3 aromatic rings. The topological polar surface area (TPSA) is 80.4 Å². The van der Waals surface area contributed by atoms with Crippen LogP contribution in [0.1, 0.15) is 11.1 Å². The van der Waals surface area contributed by atoms with Crippen molar-refractivity contribution in [2.24, 2.45) is 19.2 Å². The Kier molecular flexibility index (Phi) is 4.38. The summed E-state index contributed by atoms with van der Waals surface area (Å²) in [7, 11) is 3.45. The van der Waals surface area contributed by atoms with E-state index in [0.29, 0.717) is 0 Å². The molecule has 7 nitrogen and oxygen atoms in total. The zero-order chi connectivity index (χ0) is 18.0. The van der Waals surface area contributed by atoms with Gasteiger partial charge in [-0.1, -0.05) is 24.3 Å². The normalized spacial score (nSPS) is 11.2. The number of carbonyl (C=O) groups is 1.